The molecule has 1 aromatic carbocycles. The third-order valence-electron chi connectivity index (χ3n) is 4.72. The van der Waals surface area contributed by atoms with Gasteiger partial charge in [0.1, 0.15) is 6.04 Å². The Balaban J connectivity index is 2.73. The van der Waals surface area contributed by atoms with Crippen LogP contribution in [0, 0.1) is 0 Å². The van der Waals surface area contributed by atoms with Crippen LogP contribution in [0.3, 0.4) is 0 Å². The molecule has 0 fully saturated rings. The van der Waals surface area contributed by atoms with Crippen LogP contribution in [0.25, 0.3) is 0 Å². The zero-order valence-corrected chi connectivity index (χ0v) is 17.9. The number of carboxylic acids is 1. The highest BCUT2D eigenvalue weighted by Gasteiger charge is 2.37. The Morgan fingerprint density at radius 1 is 1.22 bits per heavy atom. The van der Waals surface area contributed by atoms with Gasteiger partial charge in [-0.15, -0.1) is 0 Å². The van der Waals surface area contributed by atoms with Gasteiger partial charge in [0.15, 0.2) is 8.32 Å². The number of aliphatic carboxylic acids is 1. The summed E-state index contributed by atoms with van der Waals surface area (Å²) in [6.07, 6.45) is 0.180. The Bertz CT molecular complexity index is 698. The zero-order chi connectivity index (χ0) is 20.8. The number of carbonyl (C=O) groups excluding carboxylic acids is 2. The first kappa shape index (κ1) is 22.8. The molecule has 0 aliphatic rings. The molecule has 3 N–H and O–H groups in total. The number of anilines is 1. The highest BCUT2D eigenvalue weighted by molar-refractivity contribution is 6.74. The first-order chi connectivity index (χ1) is 12.3. The third kappa shape index (κ3) is 7.14. The zero-order valence-electron chi connectivity index (χ0n) is 16.9. The minimum Gasteiger partial charge on any atom is -0.480 e. The summed E-state index contributed by atoms with van der Waals surface area (Å²) >= 11 is 0. The minimum atomic E-state index is -1.98. The molecule has 1 rings (SSSR count). The molecule has 0 radical (unpaired) electrons. The highest BCUT2D eigenvalue weighted by atomic mass is 28.4. The van der Waals surface area contributed by atoms with Crippen molar-refractivity contribution >= 4 is 31.8 Å². The van der Waals surface area contributed by atoms with Gasteiger partial charge in [-0.25, -0.2) is 4.79 Å². The molecule has 0 aromatic heterocycles. The van der Waals surface area contributed by atoms with Gasteiger partial charge in [0.05, 0.1) is 0 Å². The first-order valence-corrected chi connectivity index (χ1v) is 11.8. The third-order valence-corrected chi connectivity index (χ3v) is 9.26. The van der Waals surface area contributed by atoms with Crippen molar-refractivity contribution in [2.24, 2.45) is 0 Å². The number of rotatable bonds is 8. The van der Waals surface area contributed by atoms with Crippen LogP contribution in [0.5, 0.6) is 0 Å². The van der Waals surface area contributed by atoms with Gasteiger partial charge in [0, 0.05) is 31.2 Å². The molecule has 1 aromatic rings. The van der Waals surface area contributed by atoms with Crippen LogP contribution >= 0.6 is 0 Å². The lowest BCUT2D eigenvalue weighted by atomic mass is 10.1. The summed E-state index contributed by atoms with van der Waals surface area (Å²) in [4.78, 5) is 35.0. The lowest BCUT2D eigenvalue weighted by Gasteiger charge is -2.36. The van der Waals surface area contributed by atoms with Gasteiger partial charge in [-0.05, 0) is 36.3 Å². The maximum Gasteiger partial charge on any atom is 0.326 e. The largest absolute Gasteiger partial charge is 0.480 e. The minimum absolute atomic E-state index is 0.0269. The fraction of sp³-hybridized carbons (Fsp3) is 0.526. The number of hydrogen-bond acceptors (Lipinski definition) is 4. The molecule has 27 heavy (non-hydrogen) atoms. The summed E-state index contributed by atoms with van der Waals surface area (Å²) in [7, 11) is -1.98. The number of nitrogens with one attached hydrogen (secondary N) is 2. The topological polar surface area (TPSA) is 105 Å². The van der Waals surface area contributed by atoms with Crippen molar-refractivity contribution in [2.75, 3.05) is 11.9 Å². The van der Waals surface area contributed by atoms with Crippen molar-refractivity contribution in [3.63, 3.8) is 0 Å². The van der Waals surface area contributed by atoms with E-state index in [0.29, 0.717) is 5.69 Å². The van der Waals surface area contributed by atoms with Crippen molar-refractivity contribution in [2.45, 2.75) is 58.3 Å². The van der Waals surface area contributed by atoms with Crippen molar-refractivity contribution in [3.05, 3.63) is 29.8 Å². The molecule has 8 heteroatoms. The van der Waals surface area contributed by atoms with E-state index in [4.69, 9.17) is 4.43 Å². The highest BCUT2D eigenvalue weighted by Crippen LogP contribution is 2.36. The standard InChI is InChI=1S/C19H30N2O5Si/c1-13(22)20-15-9-7-8-14(12-15)17(23)21-16(18(24)25)10-11-26-27(5,6)19(2,3)4/h7-9,12,16H,10-11H2,1-6H3,(H,20,22)(H,21,23)(H,24,25)/t16-/m0/s1. The van der Waals surface area contributed by atoms with E-state index in [1.165, 1.54) is 13.0 Å². The van der Waals surface area contributed by atoms with Crippen LogP contribution in [0.4, 0.5) is 5.69 Å². The fourth-order valence-corrected chi connectivity index (χ4v) is 3.15. The lowest BCUT2D eigenvalue weighted by molar-refractivity contribution is -0.139. The first-order valence-electron chi connectivity index (χ1n) is 8.89. The molecule has 150 valence electrons. The van der Waals surface area contributed by atoms with E-state index >= 15 is 0 Å². The van der Waals surface area contributed by atoms with Crippen molar-refractivity contribution in [1.82, 2.24) is 5.32 Å². The predicted molar refractivity (Wildman–Crippen MR) is 107 cm³/mol. The second kappa shape index (κ2) is 9.14. The fourth-order valence-electron chi connectivity index (χ4n) is 2.09. The summed E-state index contributed by atoms with van der Waals surface area (Å²) in [5, 5.41) is 14.6. The Labute approximate surface area is 161 Å². The van der Waals surface area contributed by atoms with E-state index in [1.807, 2.05) is 0 Å². The maximum atomic E-state index is 12.4. The van der Waals surface area contributed by atoms with Gasteiger partial charge in [-0.3, -0.25) is 9.59 Å². The number of hydrogen-bond donors (Lipinski definition) is 3. The van der Waals surface area contributed by atoms with Crippen LogP contribution < -0.4 is 10.6 Å². The van der Waals surface area contributed by atoms with Gasteiger partial charge in [-0.1, -0.05) is 26.8 Å². The molecular weight excluding hydrogens is 364 g/mol. The van der Waals surface area contributed by atoms with E-state index in [9.17, 15) is 19.5 Å². The van der Waals surface area contributed by atoms with Gasteiger partial charge < -0.3 is 20.2 Å². The predicted octanol–water partition coefficient (Wildman–Crippen LogP) is 3.24. The molecular formula is C19H30N2O5Si. The van der Waals surface area contributed by atoms with Gasteiger partial charge in [0.25, 0.3) is 5.91 Å². The number of benzene rings is 1. The van der Waals surface area contributed by atoms with E-state index < -0.39 is 26.2 Å². The molecule has 0 saturated carbocycles. The summed E-state index contributed by atoms with van der Waals surface area (Å²) in [6, 6.07) is 5.29. The number of amides is 2. The van der Waals surface area contributed by atoms with Crippen molar-refractivity contribution in [3.8, 4) is 0 Å². The molecule has 0 bridgehead atoms. The smallest absolute Gasteiger partial charge is 0.326 e. The van der Waals surface area contributed by atoms with Crippen molar-refractivity contribution in [1.29, 1.82) is 0 Å². The maximum absolute atomic E-state index is 12.4. The van der Waals surface area contributed by atoms with E-state index in [2.05, 4.69) is 44.5 Å². The Morgan fingerprint density at radius 3 is 2.37 bits per heavy atom. The molecule has 1 atom stereocenters. The van der Waals surface area contributed by atoms with Crippen molar-refractivity contribution < 1.29 is 23.9 Å². The van der Waals surface area contributed by atoms with Gasteiger partial charge in [0.2, 0.25) is 5.91 Å². The normalized spacial score (nSPS) is 13.0. The second-order valence-electron chi connectivity index (χ2n) is 8.02. The molecule has 2 amide bonds. The molecule has 0 aliphatic heterocycles. The molecule has 0 aliphatic carbocycles. The van der Waals surface area contributed by atoms with Crippen LogP contribution in [-0.2, 0) is 14.0 Å². The van der Waals surface area contributed by atoms with E-state index in [0.717, 1.165) is 0 Å². The van der Waals surface area contributed by atoms with E-state index in [-0.39, 0.29) is 29.5 Å². The molecule has 0 heterocycles. The van der Waals surface area contributed by atoms with Crippen LogP contribution in [0.15, 0.2) is 24.3 Å². The molecule has 7 nitrogen and oxygen atoms in total. The van der Waals surface area contributed by atoms with Crippen LogP contribution in [-0.4, -0.2) is 43.9 Å². The average molecular weight is 395 g/mol. The summed E-state index contributed by atoms with van der Waals surface area (Å²) in [5.74, 6) is -1.87. The molecule has 0 spiro atoms. The van der Waals surface area contributed by atoms with Crippen LogP contribution in [0.1, 0.15) is 44.5 Å². The Hall–Kier alpha value is -2.19. The quantitative estimate of drug-likeness (QED) is 0.587. The SMILES string of the molecule is CC(=O)Nc1cccc(C(=O)N[C@@H](CCO[Si](C)(C)C(C)(C)C)C(=O)O)c1. The number of carbonyl (C=O) groups is 3. The number of carboxylic acid groups (broad SMARTS) is 1. The Morgan fingerprint density at radius 2 is 1.85 bits per heavy atom. The van der Waals surface area contributed by atoms with Crippen LogP contribution in [0.2, 0.25) is 18.1 Å². The summed E-state index contributed by atoms with van der Waals surface area (Å²) in [5.41, 5.74) is 0.751. The Kier molecular flexibility index (Phi) is 7.73. The average Bonchev–Trinajstić information content (AvgIpc) is 2.52. The summed E-state index contributed by atoms with van der Waals surface area (Å²) in [6.45, 7) is 12.1. The second-order valence-corrected chi connectivity index (χ2v) is 12.8. The van der Waals surface area contributed by atoms with E-state index in [1.54, 1.807) is 18.2 Å². The monoisotopic (exact) mass is 394 g/mol. The summed E-state index contributed by atoms with van der Waals surface area (Å²) < 4.78 is 6.00. The van der Waals surface area contributed by atoms with Gasteiger partial charge >= 0.3 is 5.97 Å². The molecule has 0 unspecified atom stereocenters. The van der Waals surface area contributed by atoms with Gasteiger partial charge in [-0.2, -0.15) is 0 Å². The lowest BCUT2D eigenvalue weighted by Crippen LogP contribution is -2.44. The molecule has 0 saturated heterocycles.